The third-order valence-corrected chi connectivity index (χ3v) is 5.95. The van der Waals surface area contributed by atoms with Crippen molar-refractivity contribution in [3.05, 3.63) is 64.9 Å². The molecule has 6 nitrogen and oxygen atoms in total. The highest BCUT2D eigenvalue weighted by molar-refractivity contribution is 6.30. The second-order valence-corrected chi connectivity index (χ2v) is 8.18. The maximum atomic E-state index is 9.81. The van der Waals surface area contributed by atoms with Crippen LogP contribution in [0.4, 0.5) is 0 Å². The number of halogens is 1. The number of imidazole rings is 1. The van der Waals surface area contributed by atoms with Crippen molar-refractivity contribution < 1.29 is 14.9 Å². The first-order valence-corrected chi connectivity index (χ1v) is 10.5. The minimum absolute atomic E-state index is 0.167. The molecule has 3 aromatic rings. The van der Waals surface area contributed by atoms with Gasteiger partial charge in [-0.05, 0) is 68.6 Å². The molecule has 0 radical (unpaired) electrons. The van der Waals surface area contributed by atoms with Crippen LogP contribution in [0.2, 0.25) is 5.15 Å². The molecule has 0 spiro atoms. The number of benzene rings is 2. The second-order valence-electron chi connectivity index (χ2n) is 7.83. The molecule has 0 unspecified atom stereocenters. The predicted octanol–water partition coefficient (Wildman–Crippen LogP) is 4.54. The molecule has 1 aliphatic rings. The van der Waals surface area contributed by atoms with Gasteiger partial charge in [0.15, 0.2) is 0 Å². The number of likely N-dealkylation sites (tertiary alicyclic amines) is 1. The molecule has 4 rings (SSSR count). The van der Waals surface area contributed by atoms with Crippen LogP contribution in [0.3, 0.4) is 0 Å². The van der Waals surface area contributed by atoms with Gasteiger partial charge in [-0.1, -0.05) is 29.8 Å². The highest BCUT2D eigenvalue weighted by Crippen LogP contribution is 2.30. The molecule has 0 atom stereocenters. The third kappa shape index (κ3) is 4.71. The van der Waals surface area contributed by atoms with Gasteiger partial charge in [0, 0.05) is 12.6 Å². The lowest BCUT2D eigenvalue weighted by Crippen LogP contribution is -2.35. The Morgan fingerprint density at radius 2 is 1.77 bits per heavy atom. The van der Waals surface area contributed by atoms with Gasteiger partial charge < -0.3 is 14.9 Å². The minimum atomic E-state index is 0.167. The summed E-state index contributed by atoms with van der Waals surface area (Å²) in [4.78, 5) is 6.88. The van der Waals surface area contributed by atoms with Gasteiger partial charge in [0.25, 0.3) is 0 Å². The van der Waals surface area contributed by atoms with E-state index in [9.17, 15) is 10.2 Å². The maximum Gasteiger partial charge on any atom is 0.302 e. The fourth-order valence-corrected chi connectivity index (χ4v) is 4.07. The largest absolute Gasteiger partial charge is 0.508 e. The molecule has 0 aliphatic carbocycles. The zero-order valence-electron chi connectivity index (χ0n) is 17.0. The van der Waals surface area contributed by atoms with E-state index in [1.807, 2.05) is 31.2 Å². The smallest absolute Gasteiger partial charge is 0.302 e. The highest BCUT2D eigenvalue weighted by Gasteiger charge is 2.22. The van der Waals surface area contributed by atoms with Gasteiger partial charge in [-0.15, -0.1) is 0 Å². The zero-order chi connectivity index (χ0) is 21.1. The summed E-state index contributed by atoms with van der Waals surface area (Å²) in [5.74, 6) is 0.922. The average Bonchev–Trinajstić information content (AvgIpc) is 3.01. The van der Waals surface area contributed by atoms with E-state index in [4.69, 9.17) is 16.3 Å². The lowest BCUT2D eigenvalue weighted by atomic mass is 9.97. The summed E-state index contributed by atoms with van der Waals surface area (Å²) in [6.45, 7) is 5.24. The summed E-state index contributed by atoms with van der Waals surface area (Å²) >= 11 is 6.44. The topological polar surface area (TPSA) is 70.8 Å². The predicted molar refractivity (Wildman–Crippen MR) is 117 cm³/mol. The minimum Gasteiger partial charge on any atom is -0.508 e. The van der Waals surface area contributed by atoms with Crippen molar-refractivity contribution in [2.75, 3.05) is 19.7 Å². The quantitative estimate of drug-likeness (QED) is 0.604. The van der Waals surface area contributed by atoms with E-state index in [0.29, 0.717) is 35.1 Å². The molecule has 2 heterocycles. The summed E-state index contributed by atoms with van der Waals surface area (Å²) in [6.07, 6.45) is 2.08. The fourth-order valence-electron chi connectivity index (χ4n) is 3.85. The van der Waals surface area contributed by atoms with Crippen LogP contribution in [0, 0.1) is 12.8 Å². The van der Waals surface area contributed by atoms with Crippen molar-refractivity contribution in [1.29, 1.82) is 0 Å². The van der Waals surface area contributed by atoms with E-state index >= 15 is 0 Å². The van der Waals surface area contributed by atoms with Crippen molar-refractivity contribution in [3.63, 3.8) is 0 Å². The molecule has 1 aliphatic heterocycles. The van der Waals surface area contributed by atoms with Crippen LogP contribution in [0.1, 0.15) is 24.1 Å². The van der Waals surface area contributed by atoms with Crippen LogP contribution < -0.4 is 4.74 Å². The number of aromatic nitrogens is 2. The molecule has 0 bridgehead atoms. The van der Waals surface area contributed by atoms with Crippen LogP contribution >= 0.6 is 11.6 Å². The summed E-state index contributed by atoms with van der Waals surface area (Å²) < 4.78 is 7.81. The Bertz CT molecular complexity index is 1010. The lowest BCUT2D eigenvalue weighted by Gasteiger charge is -2.31. The standard InChI is InChI=1S/C23H26ClN3O3/c1-16-22(24)27(19-5-3-7-21(29)13-19)23(25-16)30-15-17-8-10-26(11-9-17)14-18-4-2-6-20(28)12-18/h2-7,12-13,17,28-29H,8-11,14-15H2,1H3. The Hall–Kier alpha value is -2.70. The number of hydrogen-bond donors (Lipinski definition) is 2. The molecule has 2 N–H and O–H groups in total. The molecular formula is C23H26ClN3O3. The Kier molecular flexibility index (Phi) is 6.16. The average molecular weight is 428 g/mol. The van der Waals surface area contributed by atoms with E-state index in [0.717, 1.165) is 43.7 Å². The first-order valence-electron chi connectivity index (χ1n) is 10.2. The third-order valence-electron chi connectivity index (χ3n) is 5.51. The highest BCUT2D eigenvalue weighted by atomic mass is 35.5. The van der Waals surface area contributed by atoms with Crippen LogP contribution in [0.25, 0.3) is 5.69 Å². The van der Waals surface area contributed by atoms with Crippen molar-refractivity contribution in [1.82, 2.24) is 14.5 Å². The number of hydrogen-bond acceptors (Lipinski definition) is 5. The van der Waals surface area contributed by atoms with Gasteiger partial charge in [0.05, 0.1) is 18.0 Å². The van der Waals surface area contributed by atoms with Gasteiger partial charge in [-0.3, -0.25) is 9.47 Å². The number of ether oxygens (including phenoxy) is 1. The normalized spacial score (nSPS) is 15.4. The van der Waals surface area contributed by atoms with Crippen LogP contribution in [-0.2, 0) is 6.54 Å². The molecule has 1 saturated heterocycles. The number of nitrogens with zero attached hydrogens (tertiary/aromatic N) is 3. The Labute approximate surface area is 181 Å². The first-order chi connectivity index (χ1) is 14.5. The number of phenolic OH excluding ortho intramolecular Hbond substituents is 2. The van der Waals surface area contributed by atoms with E-state index in [-0.39, 0.29) is 5.75 Å². The van der Waals surface area contributed by atoms with Crippen molar-refractivity contribution >= 4 is 11.6 Å². The number of aromatic hydroxyl groups is 2. The molecule has 2 aromatic carbocycles. The zero-order valence-corrected chi connectivity index (χ0v) is 17.7. The van der Waals surface area contributed by atoms with Crippen LogP contribution in [0.15, 0.2) is 48.5 Å². The van der Waals surface area contributed by atoms with Gasteiger partial charge in [0.2, 0.25) is 0 Å². The van der Waals surface area contributed by atoms with Crippen molar-refractivity contribution in [2.45, 2.75) is 26.3 Å². The molecular weight excluding hydrogens is 402 g/mol. The van der Waals surface area contributed by atoms with Crippen LogP contribution in [0.5, 0.6) is 17.5 Å². The number of rotatable bonds is 6. The van der Waals surface area contributed by atoms with E-state index in [2.05, 4.69) is 9.88 Å². The second kappa shape index (κ2) is 8.98. The van der Waals surface area contributed by atoms with Crippen molar-refractivity contribution in [2.24, 2.45) is 5.92 Å². The Morgan fingerprint density at radius 1 is 1.07 bits per heavy atom. The van der Waals surface area contributed by atoms with Crippen LogP contribution in [-0.4, -0.2) is 44.4 Å². The molecule has 1 fully saturated rings. The maximum absolute atomic E-state index is 9.81. The summed E-state index contributed by atoms with van der Waals surface area (Å²) in [5, 5.41) is 19.9. The number of aryl methyl sites for hydroxylation is 1. The van der Waals surface area contributed by atoms with Gasteiger partial charge >= 0.3 is 6.01 Å². The molecule has 0 saturated carbocycles. The van der Waals surface area contributed by atoms with E-state index < -0.39 is 0 Å². The molecule has 158 valence electrons. The Morgan fingerprint density at radius 3 is 2.47 bits per heavy atom. The number of piperidine rings is 1. The molecule has 7 heteroatoms. The summed E-state index contributed by atoms with van der Waals surface area (Å²) in [7, 11) is 0. The molecule has 1 aromatic heterocycles. The van der Waals surface area contributed by atoms with E-state index in [1.54, 1.807) is 28.8 Å². The van der Waals surface area contributed by atoms with Crippen molar-refractivity contribution in [3.8, 4) is 23.2 Å². The van der Waals surface area contributed by atoms with Gasteiger partial charge in [-0.2, -0.15) is 4.98 Å². The summed E-state index contributed by atoms with van der Waals surface area (Å²) in [5.41, 5.74) is 2.54. The van der Waals surface area contributed by atoms with E-state index in [1.165, 1.54) is 0 Å². The number of phenols is 2. The molecule has 30 heavy (non-hydrogen) atoms. The Balaban J connectivity index is 1.35. The van der Waals surface area contributed by atoms with Gasteiger partial charge in [0.1, 0.15) is 16.7 Å². The van der Waals surface area contributed by atoms with Gasteiger partial charge in [-0.25, -0.2) is 0 Å². The summed E-state index contributed by atoms with van der Waals surface area (Å²) in [6, 6.07) is 14.8. The first kappa shape index (κ1) is 20.6. The molecule has 0 amide bonds. The SMILES string of the molecule is Cc1nc(OCC2CCN(Cc3cccc(O)c3)CC2)n(-c2cccc(O)c2)c1Cl. The fraction of sp³-hybridized carbons (Fsp3) is 0.348. The monoisotopic (exact) mass is 427 g/mol. The lowest BCUT2D eigenvalue weighted by molar-refractivity contribution is 0.131.